The molecule has 1 atom stereocenters. The lowest BCUT2D eigenvalue weighted by atomic mass is 10.1. The van der Waals surface area contributed by atoms with E-state index in [1.54, 1.807) is 0 Å². The second-order valence-electron chi connectivity index (χ2n) is 2.56. The normalized spacial score (nSPS) is 11.9. The summed E-state index contributed by atoms with van der Waals surface area (Å²) in [5.74, 6) is -1.13. The number of isocyanates is 1. The maximum absolute atomic E-state index is 13.0. The summed E-state index contributed by atoms with van der Waals surface area (Å²) >= 11 is 0. The van der Waals surface area contributed by atoms with E-state index in [0.717, 1.165) is 18.2 Å². The number of aliphatic imine (C=N–C) groups is 1. The maximum atomic E-state index is 13.0. The van der Waals surface area contributed by atoms with Gasteiger partial charge in [-0.3, -0.25) is 0 Å². The minimum absolute atomic E-state index is 0.0587. The first-order chi connectivity index (χ1) is 6.15. The van der Waals surface area contributed by atoms with Crippen molar-refractivity contribution in [2.75, 3.05) is 0 Å². The predicted molar refractivity (Wildman–Crippen MR) is 42.9 cm³/mol. The Balaban J connectivity index is 3.12. The molecule has 0 aromatic heterocycles. The van der Waals surface area contributed by atoms with E-state index in [2.05, 4.69) is 4.99 Å². The molecule has 0 heterocycles. The molecule has 0 bridgehead atoms. The number of hydrogen-bond acceptors (Lipinski definition) is 2. The smallest absolute Gasteiger partial charge is 0.211 e. The van der Waals surface area contributed by atoms with Crippen LogP contribution >= 0.6 is 0 Å². The standard InChI is InChI=1S/C9H7F2NO/c1-6(12-5-13)8-4-7(10)2-3-9(8)11/h2-4,6H,1H3. The van der Waals surface area contributed by atoms with Gasteiger partial charge in [-0.15, -0.1) is 0 Å². The van der Waals surface area contributed by atoms with Crippen LogP contribution in [-0.4, -0.2) is 6.08 Å². The van der Waals surface area contributed by atoms with Crippen LogP contribution in [0.1, 0.15) is 18.5 Å². The molecule has 0 aliphatic heterocycles. The van der Waals surface area contributed by atoms with Crippen molar-refractivity contribution in [3.8, 4) is 0 Å². The van der Waals surface area contributed by atoms with Crippen LogP contribution in [0.15, 0.2) is 23.2 Å². The Hall–Kier alpha value is -1.54. The second-order valence-corrected chi connectivity index (χ2v) is 2.56. The van der Waals surface area contributed by atoms with Gasteiger partial charge in [-0.25, -0.2) is 13.6 Å². The maximum Gasteiger partial charge on any atom is 0.235 e. The van der Waals surface area contributed by atoms with Crippen molar-refractivity contribution in [1.82, 2.24) is 0 Å². The zero-order chi connectivity index (χ0) is 9.84. The van der Waals surface area contributed by atoms with Gasteiger partial charge in [-0.1, -0.05) is 0 Å². The Bertz CT molecular complexity index is 359. The summed E-state index contributed by atoms with van der Waals surface area (Å²) < 4.78 is 25.6. The molecule has 0 radical (unpaired) electrons. The van der Waals surface area contributed by atoms with Gasteiger partial charge in [-0.2, -0.15) is 4.99 Å². The van der Waals surface area contributed by atoms with Crippen molar-refractivity contribution in [1.29, 1.82) is 0 Å². The molecule has 1 unspecified atom stereocenters. The third-order valence-electron chi connectivity index (χ3n) is 1.65. The van der Waals surface area contributed by atoms with Crippen molar-refractivity contribution >= 4 is 6.08 Å². The summed E-state index contributed by atoms with van der Waals surface area (Å²) in [6.07, 6.45) is 1.30. The van der Waals surface area contributed by atoms with Gasteiger partial charge in [0.05, 0.1) is 6.04 Å². The lowest BCUT2D eigenvalue weighted by Crippen LogP contribution is -1.95. The monoisotopic (exact) mass is 183 g/mol. The van der Waals surface area contributed by atoms with E-state index in [1.165, 1.54) is 13.0 Å². The van der Waals surface area contributed by atoms with Gasteiger partial charge in [-0.05, 0) is 25.1 Å². The van der Waals surface area contributed by atoms with E-state index in [9.17, 15) is 13.6 Å². The molecule has 0 spiro atoms. The third-order valence-corrected chi connectivity index (χ3v) is 1.65. The molecule has 4 heteroatoms. The Labute approximate surface area is 73.9 Å². The molecule has 1 aromatic rings. The number of nitrogens with zero attached hydrogens (tertiary/aromatic N) is 1. The van der Waals surface area contributed by atoms with Crippen molar-refractivity contribution < 1.29 is 13.6 Å². The van der Waals surface area contributed by atoms with Gasteiger partial charge < -0.3 is 0 Å². The van der Waals surface area contributed by atoms with Crippen LogP contribution in [0.2, 0.25) is 0 Å². The molecule has 0 saturated heterocycles. The number of carbonyl (C=O) groups excluding carboxylic acids is 1. The van der Waals surface area contributed by atoms with Crippen LogP contribution in [-0.2, 0) is 4.79 Å². The Morgan fingerprint density at radius 2 is 2.15 bits per heavy atom. The zero-order valence-corrected chi connectivity index (χ0v) is 6.92. The van der Waals surface area contributed by atoms with E-state index in [0.29, 0.717) is 0 Å². The highest BCUT2D eigenvalue weighted by Crippen LogP contribution is 2.20. The quantitative estimate of drug-likeness (QED) is 0.511. The predicted octanol–water partition coefficient (Wildman–Crippen LogP) is 2.36. The molecule has 0 aliphatic carbocycles. The van der Waals surface area contributed by atoms with Crippen LogP contribution in [0.4, 0.5) is 8.78 Å². The Morgan fingerprint density at radius 3 is 2.77 bits per heavy atom. The fourth-order valence-electron chi connectivity index (χ4n) is 0.983. The highest BCUT2D eigenvalue weighted by molar-refractivity contribution is 5.35. The van der Waals surface area contributed by atoms with Crippen LogP contribution in [0.3, 0.4) is 0 Å². The van der Waals surface area contributed by atoms with Crippen molar-refractivity contribution in [2.24, 2.45) is 4.99 Å². The van der Waals surface area contributed by atoms with E-state index in [1.807, 2.05) is 0 Å². The fraction of sp³-hybridized carbons (Fsp3) is 0.222. The molecule has 2 nitrogen and oxygen atoms in total. The van der Waals surface area contributed by atoms with Crippen LogP contribution in [0.25, 0.3) is 0 Å². The van der Waals surface area contributed by atoms with Gasteiger partial charge in [0.15, 0.2) is 0 Å². The number of hydrogen-bond donors (Lipinski definition) is 0. The summed E-state index contributed by atoms with van der Waals surface area (Å²) in [5, 5.41) is 0. The molecule has 1 aromatic carbocycles. The van der Waals surface area contributed by atoms with Crippen molar-refractivity contribution in [3.05, 3.63) is 35.4 Å². The molecule has 68 valence electrons. The van der Waals surface area contributed by atoms with Crippen LogP contribution in [0.5, 0.6) is 0 Å². The van der Waals surface area contributed by atoms with Crippen LogP contribution in [0, 0.1) is 11.6 Å². The molecule has 0 saturated carbocycles. The molecule has 0 N–H and O–H groups in total. The van der Waals surface area contributed by atoms with E-state index >= 15 is 0 Å². The van der Waals surface area contributed by atoms with Gasteiger partial charge in [0.2, 0.25) is 6.08 Å². The minimum Gasteiger partial charge on any atom is -0.211 e. The highest BCUT2D eigenvalue weighted by atomic mass is 19.1. The van der Waals surface area contributed by atoms with E-state index in [-0.39, 0.29) is 5.56 Å². The zero-order valence-electron chi connectivity index (χ0n) is 6.92. The summed E-state index contributed by atoms with van der Waals surface area (Å²) in [7, 11) is 0. The Morgan fingerprint density at radius 1 is 1.46 bits per heavy atom. The summed E-state index contributed by atoms with van der Waals surface area (Å²) in [6, 6.07) is 2.33. The van der Waals surface area contributed by atoms with Crippen LogP contribution < -0.4 is 0 Å². The summed E-state index contributed by atoms with van der Waals surface area (Å²) in [6.45, 7) is 1.49. The molecular formula is C9H7F2NO. The number of halogens is 2. The topological polar surface area (TPSA) is 29.4 Å². The fourth-order valence-corrected chi connectivity index (χ4v) is 0.983. The number of benzene rings is 1. The van der Waals surface area contributed by atoms with Gasteiger partial charge >= 0.3 is 0 Å². The molecule has 0 amide bonds. The van der Waals surface area contributed by atoms with Crippen molar-refractivity contribution in [2.45, 2.75) is 13.0 Å². The molecular weight excluding hydrogens is 176 g/mol. The average molecular weight is 183 g/mol. The molecule has 1 rings (SSSR count). The van der Waals surface area contributed by atoms with Gasteiger partial charge in [0.25, 0.3) is 0 Å². The first kappa shape index (κ1) is 9.55. The lowest BCUT2D eigenvalue weighted by molar-refractivity contribution is 0.551. The van der Waals surface area contributed by atoms with E-state index in [4.69, 9.17) is 0 Å². The largest absolute Gasteiger partial charge is 0.235 e. The van der Waals surface area contributed by atoms with Gasteiger partial charge in [0, 0.05) is 5.56 Å². The van der Waals surface area contributed by atoms with Gasteiger partial charge in [0.1, 0.15) is 11.6 Å². The molecule has 0 aliphatic rings. The minimum atomic E-state index is -0.701. The second kappa shape index (κ2) is 3.92. The van der Waals surface area contributed by atoms with E-state index < -0.39 is 17.7 Å². The summed E-state index contributed by atoms with van der Waals surface area (Å²) in [4.78, 5) is 13.2. The first-order valence-corrected chi connectivity index (χ1v) is 3.67. The Kier molecular flexibility index (Phi) is 2.88. The lowest BCUT2D eigenvalue weighted by Gasteiger charge is -2.05. The molecule has 13 heavy (non-hydrogen) atoms. The average Bonchev–Trinajstić information content (AvgIpc) is 2.09. The first-order valence-electron chi connectivity index (χ1n) is 3.67. The summed E-state index contributed by atoms with van der Waals surface area (Å²) in [5.41, 5.74) is 0.0587. The SMILES string of the molecule is CC(N=C=O)c1cc(F)ccc1F. The molecule has 0 fully saturated rings. The third kappa shape index (κ3) is 2.20. The highest BCUT2D eigenvalue weighted by Gasteiger charge is 2.10. The number of rotatable bonds is 2. The van der Waals surface area contributed by atoms with Crippen molar-refractivity contribution in [3.63, 3.8) is 0 Å².